The lowest BCUT2D eigenvalue weighted by Crippen LogP contribution is -2.52. The van der Waals surface area contributed by atoms with E-state index in [1.807, 2.05) is 80.6 Å². The molecule has 0 fully saturated rings. The topological polar surface area (TPSA) is 49.4 Å². The maximum absolute atomic E-state index is 13.6. The maximum atomic E-state index is 13.6. The number of nitrogens with one attached hydrogen (secondary N) is 1. The Balaban J connectivity index is 1.84. The second-order valence-corrected chi connectivity index (χ2v) is 11.5. The Labute approximate surface area is 229 Å². The molecule has 184 valence electrons. The van der Waals surface area contributed by atoms with Crippen LogP contribution < -0.4 is 5.32 Å². The van der Waals surface area contributed by atoms with Gasteiger partial charge in [-0.1, -0.05) is 86.5 Å². The lowest BCUT2D eigenvalue weighted by Gasteiger charge is -2.32. The fourth-order valence-electron chi connectivity index (χ4n) is 3.69. The molecule has 1 N–H and O–H groups in total. The normalized spacial score (nSPS) is 11.8. The van der Waals surface area contributed by atoms with Gasteiger partial charge in [0.15, 0.2) is 0 Å². The highest BCUT2D eigenvalue weighted by Gasteiger charge is 2.30. The van der Waals surface area contributed by atoms with Gasteiger partial charge in [-0.05, 0) is 54.8 Å². The van der Waals surface area contributed by atoms with Crippen LogP contribution in [-0.2, 0) is 28.3 Å². The minimum absolute atomic E-state index is 0.0182. The summed E-state index contributed by atoms with van der Waals surface area (Å²) in [6.07, 6.45) is 0.455. The number of carbonyl (C=O) groups is 2. The fourth-order valence-corrected chi connectivity index (χ4v) is 5.27. The number of nitrogens with zero attached hydrogens (tertiary/aromatic N) is 1. The quantitative estimate of drug-likeness (QED) is 0.263. The first kappa shape index (κ1) is 27.5. The molecular formula is C28H30Br2N2O2S. The molecule has 2 amide bonds. The van der Waals surface area contributed by atoms with E-state index in [-0.39, 0.29) is 17.9 Å². The van der Waals surface area contributed by atoms with Crippen LogP contribution >= 0.6 is 43.6 Å². The molecule has 0 aromatic heterocycles. The summed E-state index contributed by atoms with van der Waals surface area (Å²) >= 11 is 8.55. The van der Waals surface area contributed by atoms with Gasteiger partial charge in [-0.15, -0.1) is 11.8 Å². The first-order valence-electron chi connectivity index (χ1n) is 11.5. The average Bonchev–Trinajstić information content (AvgIpc) is 2.82. The number of carbonyl (C=O) groups excluding carboxylic acids is 2. The molecule has 1 atom stereocenters. The largest absolute Gasteiger partial charge is 0.352 e. The molecule has 3 aromatic carbocycles. The standard InChI is InChI=1S/C28H30Br2N2O2S/c1-20(2)31-28(34)26(16-21-7-4-3-5-8-21)32(17-23-9-6-10-25(30)15-23)27(33)19-35-18-22-11-13-24(29)14-12-22/h3-15,20,26H,16-19H2,1-2H3,(H,31,34)/t26-/m1/s1. The van der Waals surface area contributed by atoms with E-state index in [4.69, 9.17) is 0 Å². The Kier molecular flexibility index (Phi) is 10.9. The van der Waals surface area contributed by atoms with E-state index in [0.29, 0.717) is 18.7 Å². The molecule has 4 nitrogen and oxygen atoms in total. The Morgan fingerprint density at radius 1 is 0.857 bits per heavy atom. The fraction of sp³-hybridized carbons (Fsp3) is 0.286. The monoisotopic (exact) mass is 616 g/mol. The third kappa shape index (κ3) is 9.13. The van der Waals surface area contributed by atoms with Crippen LogP contribution in [0, 0.1) is 0 Å². The number of halogens is 2. The van der Waals surface area contributed by atoms with Crippen LogP contribution in [0.1, 0.15) is 30.5 Å². The summed E-state index contributed by atoms with van der Waals surface area (Å²) in [5.41, 5.74) is 3.15. The molecule has 0 unspecified atom stereocenters. The summed E-state index contributed by atoms with van der Waals surface area (Å²) in [6, 6.07) is 25.2. The summed E-state index contributed by atoms with van der Waals surface area (Å²) in [5.74, 6) is 0.840. The average molecular weight is 618 g/mol. The van der Waals surface area contributed by atoms with Gasteiger partial charge in [0.05, 0.1) is 5.75 Å². The molecule has 0 radical (unpaired) electrons. The van der Waals surface area contributed by atoms with Crippen molar-refractivity contribution in [2.24, 2.45) is 0 Å². The Morgan fingerprint density at radius 2 is 1.54 bits per heavy atom. The Morgan fingerprint density at radius 3 is 2.20 bits per heavy atom. The summed E-state index contributed by atoms with van der Waals surface area (Å²) in [4.78, 5) is 28.7. The van der Waals surface area contributed by atoms with Gasteiger partial charge in [0, 0.05) is 33.7 Å². The van der Waals surface area contributed by atoms with E-state index in [1.54, 1.807) is 16.7 Å². The zero-order valence-corrected chi connectivity index (χ0v) is 23.9. The zero-order valence-electron chi connectivity index (χ0n) is 19.9. The second kappa shape index (κ2) is 13.9. The molecule has 7 heteroatoms. The van der Waals surface area contributed by atoms with Gasteiger partial charge in [-0.2, -0.15) is 0 Å². The number of hydrogen-bond donors (Lipinski definition) is 1. The second-order valence-electron chi connectivity index (χ2n) is 8.64. The summed E-state index contributed by atoms with van der Waals surface area (Å²) in [5, 5.41) is 3.03. The molecule has 0 spiro atoms. The van der Waals surface area contributed by atoms with Crippen LogP contribution in [-0.4, -0.2) is 34.6 Å². The molecule has 3 aromatic rings. The van der Waals surface area contributed by atoms with E-state index in [1.165, 1.54) is 0 Å². The SMILES string of the molecule is CC(C)NC(=O)[C@@H](Cc1ccccc1)N(Cc1cccc(Br)c1)C(=O)CSCc1ccc(Br)cc1. The lowest BCUT2D eigenvalue weighted by atomic mass is 10.0. The molecule has 0 aliphatic carbocycles. The summed E-state index contributed by atoms with van der Waals surface area (Å²) in [7, 11) is 0. The van der Waals surface area contributed by atoms with Crippen LogP contribution in [0.25, 0.3) is 0 Å². The van der Waals surface area contributed by atoms with Gasteiger partial charge in [0.2, 0.25) is 11.8 Å². The molecule has 0 aliphatic heterocycles. The van der Waals surface area contributed by atoms with E-state index >= 15 is 0 Å². The number of hydrogen-bond acceptors (Lipinski definition) is 3. The number of amides is 2. The number of thioether (sulfide) groups is 1. The molecule has 0 saturated heterocycles. The minimum Gasteiger partial charge on any atom is -0.352 e. The van der Waals surface area contributed by atoms with Gasteiger partial charge >= 0.3 is 0 Å². The van der Waals surface area contributed by atoms with Crippen LogP contribution in [0.2, 0.25) is 0 Å². The molecule has 35 heavy (non-hydrogen) atoms. The Bertz CT molecular complexity index is 1110. The molecule has 0 saturated carbocycles. The number of rotatable bonds is 11. The van der Waals surface area contributed by atoms with Crippen LogP contribution in [0.15, 0.2) is 87.8 Å². The maximum Gasteiger partial charge on any atom is 0.243 e. The third-order valence-corrected chi connectivity index (χ3v) is 7.36. The molecule has 0 aliphatic rings. The smallest absolute Gasteiger partial charge is 0.243 e. The molecular weight excluding hydrogens is 588 g/mol. The van der Waals surface area contributed by atoms with Gasteiger partial charge in [0.25, 0.3) is 0 Å². The van der Waals surface area contributed by atoms with Gasteiger partial charge < -0.3 is 10.2 Å². The zero-order chi connectivity index (χ0) is 25.2. The van der Waals surface area contributed by atoms with E-state index in [0.717, 1.165) is 31.4 Å². The van der Waals surface area contributed by atoms with Crippen molar-refractivity contribution >= 4 is 55.4 Å². The van der Waals surface area contributed by atoms with Crippen molar-refractivity contribution in [2.45, 2.75) is 44.6 Å². The van der Waals surface area contributed by atoms with Gasteiger partial charge in [0.1, 0.15) is 6.04 Å². The Hall–Kier alpha value is -2.09. The minimum atomic E-state index is -0.612. The van der Waals surface area contributed by atoms with Crippen LogP contribution in [0.3, 0.4) is 0 Å². The van der Waals surface area contributed by atoms with Crippen molar-refractivity contribution in [1.29, 1.82) is 0 Å². The van der Waals surface area contributed by atoms with Gasteiger partial charge in [-0.3, -0.25) is 9.59 Å². The van der Waals surface area contributed by atoms with E-state index in [9.17, 15) is 9.59 Å². The lowest BCUT2D eigenvalue weighted by molar-refractivity contribution is -0.139. The first-order valence-corrected chi connectivity index (χ1v) is 14.3. The highest BCUT2D eigenvalue weighted by atomic mass is 79.9. The third-order valence-electron chi connectivity index (χ3n) is 5.35. The molecule has 3 rings (SSSR count). The van der Waals surface area contributed by atoms with Crippen molar-refractivity contribution in [3.8, 4) is 0 Å². The first-order chi connectivity index (χ1) is 16.8. The van der Waals surface area contributed by atoms with Crippen molar-refractivity contribution in [3.05, 3.63) is 104 Å². The highest BCUT2D eigenvalue weighted by molar-refractivity contribution is 9.10. The van der Waals surface area contributed by atoms with Crippen molar-refractivity contribution in [2.75, 3.05) is 5.75 Å². The van der Waals surface area contributed by atoms with E-state index in [2.05, 4.69) is 49.3 Å². The predicted molar refractivity (Wildman–Crippen MR) is 152 cm³/mol. The summed E-state index contributed by atoms with van der Waals surface area (Å²) < 4.78 is 1.97. The summed E-state index contributed by atoms with van der Waals surface area (Å²) in [6.45, 7) is 4.23. The molecule has 0 bridgehead atoms. The van der Waals surface area contributed by atoms with Crippen LogP contribution in [0.4, 0.5) is 0 Å². The molecule has 0 heterocycles. The highest BCUT2D eigenvalue weighted by Crippen LogP contribution is 2.21. The van der Waals surface area contributed by atoms with Crippen molar-refractivity contribution in [3.63, 3.8) is 0 Å². The van der Waals surface area contributed by atoms with Crippen LogP contribution in [0.5, 0.6) is 0 Å². The van der Waals surface area contributed by atoms with Gasteiger partial charge in [-0.25, -0.2) is 0 Å². The van der Waals surface area contributed by atoms with Crippen molar-refractivity contribution in [1.82, 2.24) is 10.2 Å². The van der Waals surface area contributed by atoms with E-state index < -0.39 is 6.04 Å². The van der Waals surface area contributed by atoms with Crippen molar-refractivity contribution < 1.29 is 9.59 Å². The predicted octanol–water partition coefficient (Wildman–Crippen LogP) is 6.61. The number of benzene rings is 3.